The second kappa shape index (κ2) is 11.8. The molecule has 0 radical (unpaired) electrons. The molecule has 2 heterocycles. The van der Waals surface area contributed by atoms with Gasteiger partial charge in [-0.3, -0.25) is 0 Å². The molecule has 0 fully saturated rings. The zero-order chi connectivity index (χ0) is 29.6. The first-order valence-electron chi connectivity index (χ1n) is 16.9. The molecular weight excluding hydrogens is 782 g/mol. The van der Waals surface area contributed by atoms with Crippen LogP contribution in [-0.4, -0.2) is 9.13 Å². The number of hydrogen-bond acceptors (Lipinski definition) is 0. The van der Waals surface area contributed by atoms with E-state index in [1.807, 2.05) is 0 Å². The van der Waals surface area contributed by atoms with Gasteiger partial charge in [-0.05, 0) is 0 Å². The van der Waals surface area contributed by atoms with Crippen LogP contribution in [0.15, 0.2) is 109 Å². The van der Waals surface area contributed by atoms with E-state index in [1.54, 1.807) is 22.5 Å². The van der Waals surface area contributed by atoms with E-state index < -0.39 is 22.9 Å². The zero-order valence-electron chi connectivity index (χ0n) is 26.4. The van der Waals surface area contributed by atoms with Gasteiger partial charge < -0.3 is 24.8 Å². The van der Waals surface area contributed by atoms with Crippen molar-refractivity contribution in [3.63, 3.8) is 0 Å². The molecule has 0 N–H and O–H groups in total. The van der Waals surface area contributed by atoms with Gasteiger partial charge >= 0.3 is 278 Å². The van der Waals surface area contributed by atoms with Crippen LogP contribution in [0.25, 0.3) is 34.0 Å². The van der Waals surface area contributed by atoms with E-state index in [0.29, 0.717) is 0 Å². The van der Waals surface area contributed by atoms with Gasteiger partial charge in [-0.2, -0.15) is 0 Å². The summed E-state index contributed by atoms with van der Waals surface area (Å²) in [6.07, 6.45) is 20.1. The maximum atomic E-state index is 2.90. The Bertz CT molecular complexity index is 2080. The second-order valence-corrected chi connectivity index (χ2v) is 19.8. The number of allylic oxidation sites excluding steroid dienone is 2. The van der Waals surface area contributed by atoms with Gasteiger partial charge in [-0.25, -0.2) is 0 Å². The number of para-hydroxylation sites is 2. The summed E-state index contributed by atoms with van der Waals surface area (Å²) in [5, 5.41) is 2.96. The molecule has 0 aliphatic heterocycles. The Morgan fingerprint density at radius 2 is 0.872 bits per heavy atom. The maximum absolute atomic E-state index is 2.90. The van der Waals surface area contributed by atoms with Crippen molar-refractivity contribution in [3.05, 3.63) is 154 Å². The summed E-state index contributed by atoms with van der Waals surface area (Å²) in [6.45, 7) is 0. The van der Waals surface area contributed by atoms with E-state index in [0.717, 1.165) is 0 Å². The predicted molar refractivity (Wildman–Crippen MR) is 182 cm³/mol. The molecule has 0 saturated heterocycles. The van der Waals surface area contributed by atoms with Gasteiger partial charge in [0, 0.05) is 0 Å². The maximum Gasteiger partial charge on any atom is -1.00 e. The van der Waals surface area contributed by atoms with Crippen molar-refractivity contribution in [2.45, 2.75) is 58.0 Å². The van der Waals surface area contributed by atoms with Crippen LogP contribution in [0, 0.1) is 0 Å². The summed E-state index contributed by atoms with van der Waals surface area (Å²) in [7, 11) is 0. The Morgan fingerprint density at radius 1 is 0.468 bits per heavy atom. The first-order chi connectivity index (χ1) is 22.3. The van der Waals surface area contributed by atoms with Gasteiger partial charge in [0.15, 0.2) is 0 Å². The Kier molecular flexibility index (Phi) is 7.82. The van der Waals surface area contributed by atoms with E-state index in [1.165, 1.54) is 95.4 Å². The van der Waals surface area contributed by atoms with Crippen LogP contribution in [0.2, 0.25) is 0 Å². The third kappa shape index (κ3) is 4.32. The summed E-state index contributed by atoms with van der Waals surface area (Å²) < 4.78 is 5.51. The molecule has 4 aliphatic carbocycles. The van der Waals surface area contributed by atoms with Gasteiger partial charge in [-0.1, -0.05) is 0 Å². The molecule has 10 rings (SSSR count). The molecular formula is C42H36Cl2HfN2. The van der Waals surface area contributed by atoms with Crippen LogP contribution >= 0.6 is 0 Å². The van der Waals surface area contributed by atoms with Crippen LogP contribution in [0.1, 0.15) is 70.5 Å². The number of rotatable bonds is 4. The third-order valence-corrected chi connectivity index (χ3v) is 18.7. The fourth-order valence-electron chi connectivity index (χ4n) is 9.39. The number of hydrogen-bond donors (Lipinski definition) is 0. The van der Waals surface area contributed by atoms with Crippen LogP contribution in [0.3, 0.4) is 0 Å². The Morgan fingerprint density at radius 3 is 1.36 bits per heavy atom. The van der Waals surface area contributed by atoms with E-state index in [9.17, 15) is 0 Å². The number of aryl methyl sites for hydroxylation is 2. The van der Waals surface area contributed by atoms with Crippen molar-refractivity contribution >= 4 is 34.0 Å². The summed E-state index contributed by atoms with van der Waals surface area (Å²) in [5.74, 6) is 0. The standard InChI is InChI=1S/2C21H18N.2ClH.Hf/c2*1-2-8-16-15(7-1)13-14-21(16)22-19-11-5-3-9-17(19)18-10-4-6-12-20(18)22;;;/h2*1-3,5,7-9,11,13-14H,4,6,10,12H2;2*1H;/q;;;;+2/p-2. The number of nitrogens with zero attached hydrogens (tertiary/aromatic N) is 2. The summed E-state index contributed by atoms with van der Waals surface area (Å²) >= 11 is -1.90. The smallest absolute Gasteiger partial charge is 1.00 e. The number of aromatic nitrogens is 2. The van der Waals surface area contributed by atoms with Crippen molar-refractivity contribution < 1.29 is 47.7 Å². The molecule has 0 amide bonds. The second-order valence-electron chi connectivity index (χ2n) is 13.5. The third-order valence-electron chi connectivity index (χ3n) is 11.2. The molecule has 5 heteroatoms. The summed E-state index contributed by atoms with van der Waals surface area (Å²) in [6, 6.07) is 37.4. The zero-order valence-corrected chi connectivity index (χ0v) is 31.5. The molecule has 4 aliphatic rings. The SMILES string of the molecule is C1=C[C]([Hf+2][C]2(n3c4c(c5ccccc53)CCCC4)C=Cc3ccccc32)(n2c3c(c4ccccc42)CCCC3)c2ccccc21.[Cl-].[Cl-]. The quantitative estimate of drug-likeness (QED) is 0.241. The average molecular weight is 818 g/mol. The van der Waals surface area contributed by atoms with Crippen LogP contribution in [0.5, 0.6) is 0 Å². The topological polar surface area (TPSA) is 9.86 Å². The first-order valence-corrected chi connectivity index (χ1v) is 20.5. The number of fused-ring (bicyclic) bond motifs is 8. The molecule has 4 aromatic carbocycles. The molecule has 2 nitrogen and oxygen atoms in total. The predicted octanol–water partition coefficient (Wildman–Crippen LogP) is 3.60. The van der Waals surface area contributed by atoms with Gasteiger partial charge in [0.05, 0.1) is 0 Å². The van der Waals surface area contributed by atoms with Gasteiger partial charge in [0.2, 0.25) is 0 Å². The largest absolute Gasteiger partial charge is 1.00 e. The Balaban J connectivity index is 0.00000162. The minimum absolute atomic E-state index is 0. The number of halogens is 2. The molecule has 0 saturated carbocycles. The van der Waals surface area contributed by atoms with E-state index in [-0.39, 0.29) is 31.4 Å². The molecule has 232 valence electrons. The number of benzene rings is 4. The van der Waals surface area contributed by atoms with Crippen LogP contribution in [0.4, 0.5) is 0 Å². The van der Waals surface area contributed by atoms with Crippen molar-refractivity contribution in [1.29, 1.82) is 0 Å². The molecule has 6 aromatic rings. The normalized spacial score (nSPS) is 21.8. The van der Waals surface area contributed by atoms with Gasteiger partial charge in [0.25, 0.3) is 0 Å². The van der Waals surface area contributed by atoms with Gasteiger partial charge in [0.1, 0.15) is 0 Å². The summed E-state index contributed by atoms with van der Waals surface area (Å²) in [4.78, 5) is 0. The molecule has 0 bridgehead atoms. The Hall–Kier alpha value is -3.11. The van der Waals surface area contributed by atoms with Crippen molar-refractivity contribution in [1.82, 2.24) is 9.13 Å². The first kappa shape index (κ1) is 31.2. The minimum atomic E-state index is -1.90. The molecule has 0 spiro atoms. The minimum Gasteiger partial charge on any atom is -1.00 e. The summed E-state index contributed by atoms with van der Waals surface area (Å²) in [5.41, 5.74) is 15.1. The fraction of sp³-hybridized carbons (Fsp3) is 0.238. The average Bonchev–Trinajstić information content (AvgIpc) is 3.84. The van der Waals surface area contributed by atoms with E-state index >= 15 is 0 Å². The van der Waals surface area contributed by atoms with Crippen molar-refractivity contribution in [3.8, 4) is 0 Å². The van der Waals surface area contributed by atoms with E-state index in [2.05, 4.69) is 131 Å². The van der Waals surface area contributed by atoms with Crippen molar-refractivity contribution in [2.75, 3.05) is 0 Å². The Labute approximate surface area is 300 Å². The fourth-order valence-corrected chi connectivity index (χ4v) is 17.9. The van der Waals surface area contributed by atoms with Crippen LogP contribution in [-0.2, 0) is 55.2 Å². The van der Waals surface area contributed by atoms with Gasteiger partial charge in [-0.15, -0.1) is 0 Å². The van der Waals surface area contributed by atoms with Crippen LogP contribution < -0.4 is 24.8 Å². The molecule has 2 atom stereocenters. The molecule has 2 unspecified atom stereocenters. The molecule has 47 heavy (non-hydrogen) atoms. The monoisotopic (exact) mass is 818 g/mol. The molecule has 2 aromatic heterocycles. The van der Waals surface area contributed by atoms with Crippen molar-refractivity contribution in [2.24, 2.45) is 0 Å². The van der Waals surface area contributed by atoms with E-state index in [4.69, 9.17) is 0 Å².